The molecule has 0 amide bonds. The summed E-state index contributed by atoms with van der Waals surface area (Å²) in [4.78, 5) is 3.22. The lowest BCUT2D eigenvalue weighted by Crippen LogP contribution is -2.10. The Balaban J connectivity index is 2.39. The maximum Gasteiger partial charge on any atom is 0.0467 e. The van der Waals surface area contributed by atoms with E-state index in [0.717, 1.165) is 10.2 Å². The van der Waals surface area contributed by atoms with E-state index in [0.29, 0.717) is 0 Å². The number of rotatable bonds is 1. The summed E-state index contributed by atoms with van der Waals surface area (Å²) in [5.41, 5.74) is 3.78. The van der Waals surface area contributed by atoms with Gasteiger partial charge in [0.25, 0.3) is 0 Å². The smallest absolute Gasteiger partial charge is 0.0467 e. The van der Waals surface area contributed by atoms with Gasteiger partial charge >= 0.3 is 0 Å². The van der Waals surface area contributed by atoms with Crippen LogP contribution in [0.25, 0.3) is 11.3 Å². The second-order valence-corrected chi connectivity index (χ2v) is 5.74. The Morgan fingerprint density at radius 1 is 1.00 bits per heavy atom. The van der Waals surface area contributed by atoms with Crippen molar-refractivity contribution < 1.29 is 0 Å². The number of H-pyrrole nitrogens is 1. The molecule has 0 fully saturated rings. The van der Waals surface area contributed by atoms with Crippen LogP contribution in [0.1, 0.15) is 26.3 Å². The highest BCUT2D eigenvalue weighted by Gasteiger charge is 2.12. The van der Waals surface area contributed by atoms with Crippen molar-refractivity contribution in [2.45, 2.75) is 26.2 Å². The standard InChI is InChI=1S/C15H17NS/c1-15(2,3)12-6-4-11(5-7-12)14-10-13(17)8-9-16-14/h4-10H,1-3H3,(H,16,17). The third kappa shape index (κ3) is 2.83. The number of aromatic amines is 1. The first-order valence-corrected chi connectivity index (χ1v) is 6.17. The van der Waals surface area contributed by atoms with E-state index in [1.807, 2.05) is 18.3 Å². The predicted molar refractivity (Wildman–Crippen MR) is 75.8 cm³/mol. The maximum absolute atomic E-state index is 5.16. The van der Waals surface area contributed by atoms with Crippen molar-refractivity contribution in [3.05, 3.63) is 52.7 Å². The van der Waals surface area contributed by atoms with Gasteiger partial charge in [0, 0.05) is 16.4 Å². The molecule has 2 rings (SSSR count). The van der Waals surface area contributed by atoms with Crippen molar-refractivity contribution in [1.82, 2.24) is 4.98 Å². The highest BCUT2D eigenvalue weighted by atomic mass is 32.1. The van der Waals surface area contributed by atoms with Gasteiger partial charge in [0.1, 0.15) is 0 Å². The number of hydrogen-bond donors (Lipinski definition) is 1. The summed E-state index contributed by atoms with van der Waals surface area (Å²) in [5, 5.41) is 0. The van der Waals surface area contributed by atoms with Crippen molar-refractivity contribution in [2.24, 2.45) is 0 Å². The molecule has 17 heavy (non-hydrogen) atoms. The van der Waals surface area contributed by atoms with E-state index in [1.165, 1.54) is 11.1 Å². The minimum Gasteiger partial charge on any atom is -0.361 e. The summed E-state index contributed by atoms with van der Waals surface area (Å²) in [6.07, 6.45) is 1.88. The van der Waals surface area contributed by atoms with E-state index in [-0.39, 0.29) is 5.41 Å². The van der Waals surface area contributed by atoms with Crippen molar-refractivity contribution >= 4 is 12.2 Å². The van der Waals surface area contributed by atoms with Crippen molar-refractivity contribution in [3.8, 4) is 11.3 Å². The minimum atomic E-state index is 0.197. The van der Waals surface area contributed by atoms with Gasteiger partial charge in [0.05, 0.1) is 0 Å². The quantitative estimate of drug-likeness (QED) is 0.717. The van der Waals surface area contributed by atoms with Crippen LogP contribution in [0.15, 0.2) is 42.6 Å². The van der Waals surface area contributed by atoms with Crippen LogP contribution in [0.3, 0.4) is 0 Å². The highest BCUT2D eigenvalue weighted by Crippen LogP contribution is 2.25. The topological polar surface area (TPSA) is 15.8 Å². The summed E-state index contributed by atoms with van der Waals surface area (Å²) in [7, 11) is 0. The monoisotopic (exact) mass is 243 g/mol. The lowest BCUT2D eigenvalue weighted by molar-refractivity contribution is 0.590. The fraction of sp³-hybridized carbons (Fsp3) is 0.267. The average molecular weight is 243 g/mol. The van der Waals surface area contributed by atoms with E-state index in [2.05, 4.69) is 50.0 Å². The van der Waals surface area contributed by atoms with Crippen LogP contribution in [-0.2, 0) is 5.41 Å². The van der Waals surface area contributed by atoms with E-state index >= 15 is 0 Å². The van der Waals surface area contributed by atoms with Gasteiger partial charge in [-0.1, -0.05) is 57.3 Å². The van der Waals surface area contributed by atoms with E-state index in [4.69, 9.17) is 12.2 Å². The highest BCUT2D eigenvalue weighted by molar-refractivity contribution is 7.71. The second kappa shape index (κ2) is 4.46. The average Bonchev–Trinajstić information content (AvgIpc) is 2.28. The molecule has 88 valence electrons. The molecular weight excluding hydrogens is 226 g/mol. The van der Waals surface area contributed by atoms with Crippen LogP contribution < -0.4 is 0 Å². The van der Waals surface area contributed by atoms with Gasteiger partial charge in [-0.05, 0) is 28.7 Å². The molecule has 0 bridgehead atoms. The van der Waals surface area contributed by atoms with E-state index in [9.17, 15) is 0 Å². The van der Waals surface area contributed by atoms with E-state index < -0.39 is 0 Å². The molecule has 0 radical (unpaired) electrons. The number of benzene rings is 1. The molecule has 0 saturated carbocycles. The molecule has 0 unspecified atom stereocenters. The molecule has 1 N–H and O–H groups in total. The lowest BCUT2D eigenvalue weighted by atomic mass is 9.86. The summed E-state index contributed by atoms with van der Waals surface area (Å²) in [5.74, 6) is 0. The van der Waals surface area contributed by atoms with Gasteiger partial charge in [-0.3, -0.25) is 0 Å². The van der Waals surface area contributed by atoms with Gasteiger partial charge < -0.3 is 4.98 Å². The van der Waals surface area contributed by atoms with Gasteiger partial charge in [0.2, 0.25) is 0 Å². The van der Waals surface area contributed by atoms with Crippen LogP contribution in [-0.4, -0.2) is 4.98 Å². The number of hydrogen-bond acceptors (Lipinski definition) is 1. The third-order valence-electron chi connectivity index (χ3n) is 2.83. The molecule has 1 heterocycles. The summed E-state index contributed by atoms with van der Waals surface area (Å²) in [6.45, 7) is 6.66. The van der Waals surface area contributed by atoms with Gasteiger partial charge in [-0.15, -0.1) is 0 Å². The molecule has 0 aliphatic rings. The molecule has 0 atom stereocenters. The lowest BCUT2D eigenvalue weighted by Gasteiger charge is -2.19. The van der Waals surface area contributed by atoms with Crippen molar-refractivity contribution in [1.29, 1.82) is 0 Å². The Morgan fingerprint density at radius 3 is 2.18 bits per heavy atom. The first kappa shape index (κ1) is 12.1. The van der Waals surface area contributed by atoms with Crippen LogP contribution in [0, 0.1) is 4.51 Å². The largest absolute Gasteiger partial charge is 0.361 e. The Labute approximate surface area is 108 Å². The first-order chi connectivity index (χ1) is 7.97. The normalized spacial score (nSPS) is 11.5. The minimum absolute atomic E-state index is 0.197. The zero-order valence-electron chi connectivity index (χ0n) is 10.4. The molecule has 2 heteroatoms. The number of aromatic nitrogens is 1. The Bertz CT molecular complexity index is 558. The Kier molecular flexibility index (Phi) is 3.16. The van der Waals surface area contributed by atoms with Crippen LogP contribution in [0.5, 0.6) is 0 Å². The van der Waals surface area contributed by atoms with E-state index in [1.54, 1.807) is 0 Å². The molecular formula is C15H17NS. The molecule has 0 spiro atoms. The molecule has 1 aromatic heterocycles. The first-order valence-electron chi connectivity index (χ1n) is 5.76. The SMILES string of the molecule is CC(C)(C)c1ccc(-c2cc(=S)cc[nH]2)cc1. The molecule has 1 nitrogen and oxygen atoms in total. The predicted octanol–water partition coefficient (Wildman–Crippen LogP) is 4.71. The second-order valence-electron chi connectivity index (χ2n) is 5.27. The van der Waals surface area contributed by atoms with Crippen molar-refractivity contribution in [3.63, 3.8) is 0 Å². The van der Waals surface area contributed by atoms with Crippen LogP contribution in [0.2, 0.25) is 0 Å². The fourth-order valence-corrected chi connectivity index (χ4v) is 1.95. The summed E-state index contributed by atoms with van der Waals surface area (Å²) in [6, 6.07) is 12.5. The number of nitrogens with one attached hydrogen (secondary N) is 1. The fourth-order valence-electron chi connectivity index (χ4n) is 1.76. The third-order valence-corrected chi connectivity index (χ3v) is 3.09. The maximum atomic E-state index is 5.16. The molecule has 0 saturated heterocycles. The van der Waals surface area contributed by atoms with Crippen LogP contribution in [0.4, 0.5) is 0 Å². The molecule has 2 aromatic rings. The van der Waals surface area contributed by atoms with Crippen LogP contribution >= 0.6 is 12.2 Å². The van der Waals surface area contributed by atoms with Gasteiger partial charge in [0.15, 0.2) is 0 Å². The Hall–Kier alpha value is -1.41. The number of pyridine rings is 1. The van der Waals surface area contributed by atoms with Gasteiger partial charge in [-0.2, -0.15) is 0 Å². The van der Waals surface area contributed by atoms with Crippen molar-refractivity contribution in [2.75, 3.05) is 0 Å². The summed E-state index contributed by atoms with van der Waals surface area (Å²) >= 11 is 5.16. The molecule has 0 aliphatic heterocycles. The summed E-state index contributed by atoms with van der Waals surface area (Å²) < 4.78 is 0.860. The molecule has 0 aliphatic carbocycles. The molecule has 1 aromatic carbocycles. The van der Waals surface area contributed by atoms with Gasteiger partial charge in [-0.25, -0.2) is 0 Å². The zero-order valence-corrected chi connectivity index (χ0v) is 11.3. The zero-order chi connectivity index (χ0) is 12.5. The Morgan fingerprint density at radius 2 is 1.65 bits per heavy atom.